The first-order valence-electron chi connectivity index (χ1n) is 14.4. The zero-order valence-electron chi connectivity index (χ0n) is 24.5. The van der Waals surface area contributed by atoms with E-state index in [1.807, 2.05) is 0 Å². The molecule has 0 bridgehead atoms. The average molecular weight is 497 g/mol. The Hall–Kier alpha value is -1.19. The minimum atomic E-state index is -0.486. The molecule has 36 heavy (non-hydrogen) atoms. The maximum Gasteiger partial charge on any atom is 0.133 e. The Morgan fingerprint density at radius 2 is 1.75 bits per heavy atom. The number of aliphatic hydroxyl groups excluding tert-OH is 2. The highest BCUT2D eigenvalue weighted by molar-refractivity contribution is 5.79. The molecule has 3 nitrogen and oxygen atoms in total. The minimum Gasteiger partial charge on any atom is -0.393 e. The minimum absolute atomic E-state index is 0.0246. The van der Waals surface area contributed by atoms with Crippen LogP contribution in [0.15, 0.2) is 35.5 Å². The van der Waals surface area contributed by atoms with Crippen molar-refractivity contribution in [2.24, 2.45) is 44.8 Å². The van der Waals surface area contributed by atoms with Gasteiger partial charge in [-0.1, -0.05) is 79.7 Å². The van der Waals surface area contributed by atoms with E-state index in [2.05, 4.69) is 74.1 Å². The molecular weight excluding hydrogens is 444 g/mol. The van der Waals surface area contributed by atoms with Crippen LogP contribution in [0.3, 0.4) is 0 Å². The van der Waals surface area contributed by atoms with Gasteiger partial charge < -0.3 is 10.2 Å². The molecule has 2 N–H and O–H groups in total. The highest BCUT2D eigenvalue weighted by Gasteiger charge is 2.66. The van der Waals surface area contributed by atoms with Gasteiger partial charge >= 0.3 is 0 Å². The van der Waals surface area contributed by atoms with E-state index in [1.54, 1.807) is 6.92 Å². The molecule has 0 aliphatic heterocycles. The third kappa shape index (κ3) is 3.85. The Labute approximate surface area is 220 Å². The number of hydrogen-bond donors (Lipinski definition) is 2. The number of hydrogen-bond acceptors (Lipinski definition) is 3. The van der Waals surface area contributed by atoms with Gasteiger partial charge in [-0.05, 0) is 90.6 Å². The Bertz CT molecular complexity index is 993. The molecule has 0 saturated heterocycles. The van der Waals surface area contributed by atoms with Gasteiger partial charge in [0.05, 0.1) is 12.2 Å². The number of rotatable bonds is 5. The van der Waals surface area contributed by atoms with Crippen LogP contribution in [-0.4, -0.2) is 28.2 Å². The van der Waals surface area contributed by atoms with Crippen molar-refractivity contribution in [3.05, 3.63) is 35.5 Å². The van der Waals surface area contributed by atoms with Gasteiger partial charge in [0.15, 0.2) is 0 Å². The third-order valence-corrected chi connectivity index (χ3v) is 12.1. The second-order valence-corrected chi connectivity index (χ2v) is 15.2. The number of carbonyl (C=O) groups is 1. The molecule has 0 unspecified atom stereocenters. The molecule has 0 aromatic carbocycles. The molecular formula is C33H52O3. The highest BCUT2D eigenvalue weighted by Crippen LogP contribution is 2.71. The Morgan fingerprint density at radius 1 is 1.11 bits per heavy atom. The van der Waals surface area contributed by atoms with E-state index in [-0.39, 0.29) is 50.8 Å². The predicted octanol–water partition coefficient (Wildman–Crippen LogP) is 7.43. The summed E-state index contributed by atoms with van der Waals surface area (Å²) in [6.45, 7) is 24.2. The van der Waals surface area contributed by atoms with Crippen molar-refractivity contribution in [1.29, 1.82) is 0 Å². The van der Waals surface area contributed by atoms with Crippen molar-refractivity contribution in [3.8, 4) is 0 Å². The van der Waals surface area contributed by atoms with Crippen LogP contribution in [0.4, 0.5) is 0 Å². The maximum atomic E-state index is 13.1. The molecule has 0 radical (unpaired) electrons. The van der Waals surface area contributed by atoms with Gasteiger partial charge in [0.25, 0.3) is 0 Å². The highest BCUT2D eigenvalue weighted by atomic mass is 16.3. The first kappa shape index (κ1) is 27.8. The van der Waals surface area contributed by atoms with Gasteiger partial charge in [0, 0.05) is 17.3 Å². The Kier molecular flexibility index (Phi) is 6.70. The fourth-order valence-corrected chi connectivity index (χ4v) is 9.16. The lowest BCUT2D eigenvalue weighted by atomic mass is 9.44. The number of carbonyl (C=O) groups excluding carboxylic acids is 1. The van der Waals surface area contributed by atoms with Crippen molar-refractivity contribution in [2.75, 3.05) is 0 Å². The molecule has 0 amide bonds. The van der Waals surface area contributed by atoms with Gasteiger partial charge in [-0.25, -0.2) is 0 Å². The fourth-order valence-electron chi connectivity index (χ4n) is 9.16. The van der Waals surface area contributed by atoms with E-state index in [9.17, 15) is 15.0 Å². The summed E-state index contributed by atoms with van der Waals surface area (Å²) in [6.07, 6.45) is 10.2. The average Bonchev–Trinajstić information content (AvgIpc) is 2.96. The summed E-state index contributed by atoms with van der Waals surface area (Å²) in [6, 6.07) is 0. The normalized spacial score (nSPS) is 42.4. The summed E-state index contributed by atoms with van der Waals surface area (Å²) in [5, 5.41) is 22.5. The van der Waals surface area contributed by atoms with Crippen LogP contribution < -0.4 is 0 Å². The monoisotopic (exact) mass is 496 g/mol. The number of Topliss-reactive ketones (excluding diaryl/α,β-unsaturated/α-hetero) is 1. The quantitative estimate of drug-likeness (QED) is 0.389. The summed E-state index contributed by atoms with van der Waals surface area (Å²) >= 11 is 0. The number of fused-ring (bicyclic) bond motifs is 5. The van der Waals surface area contributed by atoms with Crippen molar-refractivity contribution in [2.45, 2.75) is 119 Å². The third-order valence-electron chi connectivity index (χ3n) is 12.1. The molecule has 0 aromatic heterocycles. The Morgan fingerprint density at radius 3 is 2.33 bits per heavy atom. The summed E-state index contributed by atoms with van der Waals surface area (Å²) in [7, 11) is 0. The van der Waals surface area contributed by atoms with Gasteiger partial charge in [-0.3, -0.25) is 4.79 Å². The molecule has 2 fully saturated rings. The van der Waals surface area contributed by atoms with E-state index in [0.717, 1.165) is 38.5 Å². The van der Waals surface area contributed by atoms with Crippen LogP contribution in [0.5, 0.6) is 0 Å². The maximum absolute atomic E-state index is 13.1. The summed E-state index contributed by atoms with van der Waals surface area (Å²) in [5.41, 5.74) is 3.68. The molecule has 202 valence electrons. The van der Waals surface area contributed by atoms with Crippen molar-refractivity contribution >= 4 is 5.78 Å². The molecule has 0 aromatic rings. The van der Waals surface area contributed by atoms with Crippen LogP contribution in [0, 0.1) is 44.8 Å². The first-order chi connectivity index (χ1) is 16.4. The van der Waals surface area contributed by atoms with E-state index >= 15 is 0 Å². The van der Waals surface area contributed by atoms with E-state index in [0.29, 0.717) is 12.3 Å². The summed E-state index contributed by atoms with van der Waals surface area (Å²) in [5.74, 6) is 0.402. The standard InChI is InChI=1S/C33H52O3/c1-20(29(3,4)5)11-12-22(21(2)34)28-25(35)19-33(10)24-13-14-26-30(6,7)27(36)16-17-31(26,8)23(24)15-18-32(28,33)9/h13,15,22,25-28,35-36H,1,11-12,14,16-19H2,2-10H3/t22-,25+,26-,27-,28-,31+,32+,33-/m0/s1. The van der Waals surface area contributed by atoms with Crippen molar-refractivity contribution in [3.63, 3.8) is 0 Å². The molecule has 3 heteroatoms. The van der Waals surface area contributed by atoms with Crippen LogP contribution in [0.1, 0.15) is 107 Å². The van der Waals surface area contributed by atoms with E-state index in [1.165, 1.54) is 16.7 Å². The molecule has 4 aliphatic carbocycles. The fraction of sp³-hybridized carbons (Fsp3) is 0.788. The molecule has 0 spiro atoms. The topological polar surface area (TPSA) is 57.5 Å². The van der Waals surface area contributed by atoms with Crippen LogP contribution in [0.2, 0.25) is 0 Å². The molecule has 4 aliphatic rings. The van der Waals surface area contributed by atoms with Crippen LogP contribution >= 0.6 is 0 Å². The molecule has 0 heterocycles. The summed E-state index contributed by atoms with van der Waals surface area (Å²) < 4.78 is 0. The first-order valence-corrected chi connectivity index (χ1v) is 14.4. The zero-order valence-corrected chi connectivity index (χ0v) is 24.5. The number of ketones is 1. The zero-order chi connectivity index (χ0) is 27.1. The van der Waals surface area contributed by atoms with Gasteiger partial charge in [0.1, 0.15) is 5.78 Å². The number of allylic oxidation sites excluding steroid dienone is 5. The second-order valence-electron chi connectivity index (χ2n) is 15.2. The van der Waals surface area contributed by atoms with Gasteiger partial charge in [-0.2, -0.15) is 0 Å². The number of aliphatic hydroxyl groups is 2. The molecule has 4 rings (SSSR count). The van der Waals surface area contributed by atoms with E-state index in [4.69, 9.17) is 0 Å². The predicted molar refractivity (Wildman–Crippen MR) is 148 cm³/mol. The largest absolute Gasteiger partial charge is 0.393 e. The Balaban J connectivity index is 1.71. The molecule has 8 atom stereocenters. The molecule has 2 saturated carbocycles. The van der Waals surface area contributed by atoms with E-state index < -0.39 is 6.10 Å². The summed E-state index contributed by atoms with van der Waals surface area (Å²) in [4.78, 5) is 13.1. The van der Waals surface area contributed by atoms with Gasteiger partial charge in [-0.15, -0.1) is 0 Å². The second kappa shape index (κ2) is 8.67. The SMILES string of the molecule is C=C(CC[C@@H](C(C)=O)[C@H]1[C@H](O)C[C@@]2(C)C3=CC[C@H]4C(C)(C)[C@@H](O)CC[C@]4(C)C3=CC[C@]12C)C(C)(C)C. The van der Waals surface area contributed by atoms with Crippen molar-refractivity contribution in [1.82, 2.24) is 0 Å². The van der Waals surface area contributed by atoms with Crippen LogP contribution in [0.25, 0.3) is 0 Å². The van der Waals surface area contributed by atoms with Crippen LogP contribution in [-0.2, 0) is 4.79 Å². The van der Waals surface area contributed by atoms with Gasteiger partial charge in [0.2, 0.25) is 0 Å². The lowest BCUT2D eigenvalue weighted by molar-refractivity contribution is -0.127. The van der Waals surface area contributed by atoms with Crippen molar-refractivity contribution < 1.29 is 15.0 Å². The smallest absolute Gasteiger partial charge is 0.133 e. The lowest BCUT2D eigenvalue weighted by Gasteiger charge is -2.61. The lowest BCUT2D eigenvalue weighted by Crippen LogP contribution is -2.54.